The van der Waals surface area contributed by atoms with E-state index in [1.54, 1.807) is 0 Å². The number of dihydropyridines is 1. The number of nitrogens with zero attached hydrogens (tertiary/aromatic N) is 1. The summed E-state index contributed by atoms with van der Waals surface area (Å²) < 4.78 is 0. The largest absolute Gasteiger partial charge is 0.380 e. The molecule has 0 radical (unpaired) electrons. The summed E-state index contributed by atoms with van der Waals surface area (Å²) in [5, 5.41) is 3.93. The maximum atomic E-state index is 7.13. The van der Waals surface area contributed by atoms with Gasteiger partial charge < -0.3 is 11.1 Å². The van der Waals surface area contributed by atoms with Crippen LogP contribution >= 0.6 is 0 Å². The zero-order chi connectivity index (χ0) is 37.2. The molecule has 2 aliphatic rings. The van der Waals surface area contributed by atoms with Crippen LogP contribution in [0.3, 0.4) is 0 Å². The summed E-state index contributed by atoms with van der Waals surface area (Å²) in [6, 6.07) is 61.5. The van der Waals surface area contributed by atoms with Crippen LogP contribution in [0.1, 0.15) is 33.7 Å². The third-order valence-electron chi connectivity index (χ3n) is 10.5. The van der Waals surface area contributed by atoms with Gasteiger partial charge >= 0.3 is 0 Å². The Morgan fingerprint density at radius 3 is 1.85 bits per heavy atom. The molecule has 0 saturated carbocycles. The van der Waals surface area contributed by atoms with E-state index in [2.05, 4.69) is 206 Å². The molecule has 55 heavy (non-hydrogen) atoms. The van der Waals surface area contributed by atoms with Crippen molar-refractivity contribution in [3.05, 3.63) is 246 Å². The van der Waals surface area contributed by atoms with Gasteiger partial charge in [0.05, 0.1) is 17.8 Å². The summed E-state index contributed by atoms with van der Waals surface area (Å²) in [7, 11) is 0. The molecule has 3 nitrogen and oxygen atoms in total. The van der Waals surface area contributed by atoms with Crippen LogP contribution in [-0.4, -0.2) is 18.3 Å². The van der Waals surface area contributed by atoms with Gasteiger partial charge in [-0.25, -0.2) is 0 Å². The molecule has 3 heteroatoms. The summed E-state index contributed by atoms with van der Waals surface area (Å²) in [6.45, 7) is 0. The van der Waals surface area contributed by atoms with Crippen molar-refractivity contribution in [2.24, 2.45) is 16.6 Å². The normalized spacial score (nSPS) is 18.9. The number of allylic oxidation sites excluding steroid dienone is 5. The summed E-state index contributed by atoms with van der Waals surface area (Å²) in [6.07, 6.45) is 16.2. The first-order chi connectivity index (χ1) is 27.2. The van der Waals surface area contributed by atoms with Gasteiger partial charge in [0.2, 0.25) is 0 Å². The minimum absolute atomic E-state index is 0.0140. The fourth-order valence-electron chi connectivity index (χ4n) is 7.70. The lowest BCUT2D eigenvalue weighted by Gasteiger charge is -2.39. The van der Waals surface area contributed by atoms with Gasteiger partial charge in [0.1, 0.15) is 0 Å². The highest BCUT2D eigenvalue weighted by Crippen LogP contribution is 2.46. The molecule has 1 aliphatic heterocycles. The summed E-state index contributed by atoms with van der Waals surface area (Å²) >= 11 is 0. The van der Waals surface area contributed by atoms with E-state index in [9.17, 15) is 0 Å². The van der Waals surface area contributed by atoms with Crippen molar-refractivity contribution in [1.29, 1.82) is 0 Å². The zero-order valence-corrected chi connectivity index (χ0v) is 30.8. The number of aliphatic imine (C=N–C) groups is 1. The highest BCUT2D eigenvalue weighted by Gasteiger charge is 2.36. The fourth-order valence-corrected chi connectivity index (χ4v) is 7.70. The van der Waals surface area contributed by atoms with Crippen molar-refractivity contribution < 1.29 is 0 Å². The quantitative estimate of drug-likeness (QED) is 0.131. The number of hydrogen-bond acceptors (Lipinski definition) is 3. The van der Waals surface area contributed by atoms with Gasteiger partial charge in [-0.05, 0) is 62.2 Å². The average molecular weight is 712 g/mol. The van der Waals surface area contributed by atoms with E-state index in [-0.39, 0.29) is 17.9 Å². The SMILES string of the molecule is NC(/C=C(\N=C\Cc1ccccc1)c1ccc(-c2ccccc2)cc1)C1=CC=CC(C2C(c3ccccc3)=CC(c3ccccc3)=CC2c2ccccc2)N1. The molecular weight excluding hydrogens is 667 g/mol. The van der Waals surface area contributed by atoms with Gasteiger partial charge in [-0.1, -0.05) is 200 Å². The number of nitrogens with two attached hydrogens (primary N) is 1. The molecule has 0 spiro atoms. The molecule has 4 atom stereocenters. The molecule has 0 aromatic heterocycles. The topological polar surface area (TPSA) is 50.4 Å². The van der Waals surface area contributed by atoms with E-state index in [1.165, 1.54) is 39.0 Å². The molecule has 6 aromatic carbocycles. The van der Waals surface area contributed by atoms with Crippen LogP contribution in [-0.2, 0) is 6.42 Å². The van der Waals surface area contributed by atoms with Gasteiger partial charge in [-0.3, -0.25) is 4.99 Å². The van der Waals surface area contributed by atoms with E-state index in [0.717, 1.165) is 28.9 Å². The summed E-state index contributed by atoms with van der Waals surface area (Å²) in [4.78, 5) is 5.04. The van der Waals surface area contributed by atoms with E-state index < -0.39 is 6.04 Å². The minimum atomic E-state index is -0.413. The van der Waals surface area contributed by atoms with E-state index in [0.29, 0.717) is 0 Å². The molecule has 3 N–H and O–H groups in total. The van der Waals surface area contributed by atoms with E-state index in [4.69, 9.17) is 10.7 Å². The lowest BCUT2D eigenvalue weighted by molar-refractivity contribution is 0.469. The van der Waals surface area contributed by atoms with E-state index in [1.807, 2.05) is 18.3 Å². The van der Waals surface area contributed by atoms with Crippen LogP contribution < -0.4 is 11.1 Å². The molecule has 4 unspecified atom stereocenters. The van der Waals surface area contributed by atoms with Crippen molar-refractivity contribution in [3.8, 4) is 11.1 Å². The fraction of sp³-hybridized carbons (Fsp3) is 0.0962. The molecule has 0 amide bonds. The van der Waals surface area contributed by atoms with Gasteiger partial charge in [0, 0.05) is 30.2 Å². The second-order valence-corrected chi connectivity index (χ2v) is 14.1. The standard InChI is InChI=1S/C52H45N3/c53-48(37-51(54-34-33-38-17-6-1-7-18-38)44-31-29-41(30-32-44)39-19-8-2-9-20-39)49-27-16-28-50(55-49)52-46(42-23-12-4-13-24-42)35-45(40-21-10-3-11-22-40)36-47(52)43-25-14-5-15-26-43/h1-32,34-37,46,48,50,52,55H,33,53H2/b51-37-,54-34+. The van der Waals surface area contributed by atoms with Crippen LogP contribution in [0.25, 0.3) is 28.0 Å². The smallest absolute Gasteiger partial charge is 0.0677 e. The Hall–Kier alpha value is -6.55. The first-order valence-electron chi connectivity index (χ1n) is 19.1. The highest BCUT2D eigenvalue weighted by molar-refractivity contribution is 5.88. The minimum Gasteiger partial charge on any atom is -0.380 e. The van der Waals surface area contributed by atoms with Crippen LogP contribution in [0.2, 0.25) is 0 Å². The van der Waals surface area contributed by atoms with E-state index >= 15 is 0 Å². The first kappa shape index (κ1) is 35.5. The zero-order valence-electron chi connectivity index (χ0n) is 30.8. The lowest BCUT2D eigenvalue weighted by Crippen LogP contribution is -2.43. The number of benzene rings is 6. The second kappa shape index (κ2) is 17.1. The van der Waals surface area contributed by atoms with Crippen molar-refractivity contribution in [1.82, 2.24) is 5.32 Å². The number of nitrogens with one attached hydrogen (secondary N) is 1. The molecule has 0 bridgehead atoms. The second-order valence-electron chi connectivity index (χ2n) is 14.1. The average Bonchev–Trinajstić information content (AvgIpc) is 3.27. The van der Waals surface area contributed by atoms with Crippen molar-refractivity contribution in [2.45, 2.75) is 24.4 Å². The Kier molecular flexibility index (Phi) is 11.0. The molecule has 268 valence electrons. The van der Waals surface area contributed by atoms with Crippen LogP contribution in [0.4, 0.5) is 0 Å². The third-order valence-corrected chi connectivity index (χ3v) is 10.5. The Morgan fingerprint density at radius 2 is 1.20 bits per heavy atom. The molecular formula is C52H45N3. The number of rotatable bonds is 11. The molecule has 1 aliphatic carbocycles. The van der Waals surface area contributed by atoms with Gasteiger partial charge in [-0.2, -0.15) is 0 Å². The van der Waals surface area contributed by atoms with Crippen LogP contribution in [0.15, 0.2) is 223 Å². The summed E-state index contributed by atoms with van der Waals surface area (Å²) in [5.74, 6) is 0.216. The van der Waals surface area contributed by atoms with Crippen LogP contribution in [0.5, 0.6) is 0 Å². The Bertz CT molecular complexity index is 2350. The molecule has 0 saturated heterocycles. The highest BCUT2D eigenvalue weighted by atomic mass is 15.0. The Labute approximate surface area is 325 Å². The summed E-state index contributed by atoms with van der Waals surface area (Å²) in [5.41, 5.74) is 19.8. The molecule has 0 fully saturated rings. The van der Waals surface area contributed by atoms with Gasteiger partial charge in [0.15, 0.2) is 0 Å². The van der Waals surface area contributed by atoms with Gasteiger partial charge in [-0.15, -0.1) is 0 Å². The predicted octanol–water partition coefficient (Wildman–Crippen LogP) is 11.3. The Morgan fingerprint density at radius 1 is 0.636 bits per heavy atom. The maximum absolute atomic E-state index is 7.13. The van der Waals surface area contributed by atoms with Gasteiger partial charge in [0.25, 0.3) is 0 Å². The Balaban J connectivity index is 1.13. The first-order valence-corrected chi connectivity index (χ1v) is 19.1. The third kappa shape index (κ3) is 8.49. The predicted molar refractivity (Wildman–Crippen MR) is 232 cm³/mol. The molecule has 1 heterocycles. The molecule has 6 aromatic rings. The van der Waals surface area contributed by atoms with Crippen molar-refractivity contribution >= 4 is 23.1 Å². The molecule has 8 rings (SSSR count). The van der Waals surface area contributed by atoms with Crippen LogP contribution in [0, 0.1) is 5.92 Å². The van der Waals surface area contributed by atoms with Crippen molar-refractivity contribution in [3.63, 3.8) is 0 Å². The lowest BCUT2D eigenvalue weighted by atomic mass is 9.69. The number of hydrogen-bond donors (Lipinski definition) is 2. The monoisotopic (exact) mass is 711 g/mol. The van der Waals surface area contributed by atoms with Crippen molar-refractivity contribution in [2.75, 3.05) is 0 Å². The maximum Gasteiger partial charge on any atom is 0.0677 e.